The van der Waals surface area contributed by atoms with Crippen molar-refractivity contribution in [2.75, 3.05) is 4.47 Å². The summed E-state index contributed by atoms with van der Waals surface area (Å²) in [5.41, 5.74) is 1.39. The van der Waals surface area contributed by atoms with Gasteiger partial charge >= 0.3 is 22.2 Å². The number of hydrogen-bond donors (Lipinski definition) is 0. The summed E-state index contributed by atoms with van der Waals surface area (Å²) >= 11 is 6.16. The van der Waals surface area contributed by atoms with E-state index in [9.17, 15) is 26.4 Å². The molecule has 3 aromatic heterocycles. The van der Waals surface area contributed by atoms with Crippen molar-refractivity contribution in [1.29, 1.82) is 0 Å². The molecular weight excluding hydrogens is 613 g/mol. The summed E-state index contributed by atoms with van der Waals surface area (Å²) in [6.45, 7) is 0. The third-order valence-corrected chi connectivity index (χ3v) is 7.24. The first-order valence-electron chi connectivity index (χ1n) is 11.4. The molecular formula is C25H13ClF5N5O5S. The Bertz CT molecular complexity index is 1920. The van der Waals surface area contributed by atoms with Crippen molar-refractivity contribution in [3.63, 3.8) is 0 Å². The average Bonchev–Trinajstić information content (AvgIpc) is 3.43. The highest BCUT2D eigenvalue weighted by molar-refractivity contribution is 7.92. The largest absolute Gasteiger partial charge is 0.493 e. The van der Waals surface area contributed by atoms with Gasteiger partial charge in [-0.2, -0.15) is 21.6 Å². The van der Waals surface area contributed by atoms with Crippen LogP contribution < -0.4 is 9.21 Å². The molecule has 5 rings (SSSR count). The third-order valence-electron chi connectivity index (χ3n) is 5.46. The second-order valence-electron chi connectivity index (χ2n) is 8.18. The molecule has 0 atom stereocenters. The van der Waals surface area contributed by atoms with Crippen LogP contribution in [0, 0.1) is 11.6 Å². The van der Waals surface area contributed by atoms with Crippen molar-refractivity contribution >= 4 is 39.2 Å². The third kappa shape index (κ3) is 5.53. The van der Waals surface area contributed by atoms with Crippen molar-refractivity contribution in [2.24, 2.45) is 0 Å². The Morgan fingerprint density at radius 1 is 0.905 bits per heavy atom. The normalized spacial score (nSPS) is 11.9. The van der Waals surface area contributed by atoms with Crippen LogP contribution in [0.15, 0.2) is 84.3 Å². The van der Waals surface area contributed by atoms with Crippen LogP contribution in [0.3, 0.4) is 0 Å². The Balaban J connectivity index is 1.55. The van der Waals surface area contributed by atoms with E-state index in [1.165, 1.54) is 30.5 Å². The predicted molar refractivity (Wildman–Crippen MR) is 136 cm³/mol. The number of ether oxygens (including phenoxy) is 1. The quantitative estimate of drug-likeness (QED) is 0.166. The molecule has 3 heterocycles. The number of carbonyl (C=O) groups is 1. The SMILES string of the molecule is O=C(ON(c1ncccn1)S(=O)(=O)c1cc(F)c(Oc2ccc(Cl)cc2-c2cccc3nccn23)cc1F)C(F)(F)F. The lowest BCUT2D eigenvalue weighted by atomic mass is 10.1. The van der Waals surface area contributed by atoms with Crippen molar-refractivity contribution in [2.45, 2.75) is 11.1 Å². The molecule has 0 bridgehead atoms. The Morgan fingerprint density at radius 2 is 1.64 bits per heavy atom. The number of sulfonamides is 1. The van der Waals surface area contributed by atoms with Gasteiger partial charge < -0.3 is 9.57 Å². The highest BCUT2D eigenvalue weighted by Gasteiger charge is 2.46. The number of pyridine rings is 1. The fourth-order valence-electron chi connectivity index (χ4n) is 3.66. The van der Waals surface area contributed by atoms with Crippen LogP contribution >= 0.6 is 11.6 Å². The zero-order valence-electron chi connectivity index (χ0n) is 20.5. The first kappa shape index (κ1) is 28.7. The number of fused-ring (bicyclic) bond motifs is 1. The van der Waals surface area contributed by atoms with Gasteiger partial charge in [-0.3, -0.25) is 4.40 Å². The minimum Gasteiger partial charge on any atom is -0.453 e. The van der Waals surface area contributed by atoms with E-state index < -0.39 is 54.9 Å². The number of imidazole rings is 1. The molecule has 0 N–H and O–H groups in total. The number of carbonyl (C=O) groups excluding carboxylic acids is 1. The summed E-state index contributed by atoms with van der Waals surface area (Å²) < 4.78 is 102. The number of halogens is 6. The Labute approximate surface area is 237 Å². The first-order valence-corrected chi connectivity index (χ1v) is 13.2. The predicted octanol–water partition coefficient (Wildman–Crippen LogP) is 5.73. The maximum atomic E-state index is 15.2. The number of benzene rings is 2. The topological polar surface area (TPSA) is 116 Å². The van der Waals surface area contributed by atoms with Crippen molar-refractivity contribution in [1.82, 2.24) is 19.4 Å². The second kappa shape index (κ2) is 10.9. The van der Waals surface area contributed by atoms with Gasteiger partial charge in [0.25, 0.3) is 5.95 Å². The Morgan fingerprint density at radius 3 is 2.36 bits per heavy atom. The summed E-state index contributed by atoms with van der Waals surface area (Å²) in [5, 5.41) is 0.277. The standard InChI is InChI=1S/C25H13ClF5N5O5S/c26-14-5-6-19(15(11-14)18-3-1-4-22-32-9-10-35(18)22)40-20-12-17(28)21(13-16(20)27)42(38,39)36(24-33-7-2-8-34-24)41-23(37)25(29,30)31/h1-13H. The molecule has 5 aromatic rings. The molecule has 0 aliphatic carbocycles. The van der Waals surface area contributed by atoms with Crippen LogP contribution in [0.4, 0.5) is 27.9 Å². The van der Waals surface area contributed by atoms with Gasteiger partial charge in [-0.05, 0) is 36.4 Å². The van der Waals surface area contributed by atoms with Crippen molar-refractivity contribution < 1.29 is 44.7 Å². The van der Waals surface area contributed by atoms with E-state index in [4.69, 9.17) is 16.3 Å². The van der Waals surface area contributed by atoms with Gasteiger partial charge in [-0.25, -0.2) is 28.5 Å². The van der Waals surface area contributed by atoms with Crippen LogP contribution in [0.5, 0.6) is 11.5 Å². The van der Waals surface area contributed by atoms with Gasteiger partial charge in [0.15, 0.2) is 11.6 Å². The molecule has 216 valence electrons. The van der Waals surface area contributed by atoms with E-state index in [1.54, 1.807) is 28.8 Å². The van der Waals surface area contributed by atoms with Crippen LogP contribution in [0.1, 0.15) is 0 Å². The number of nitrogens with zero attached hydrogens (tertiary/aromatic N) is 5. The molecule has 0 unspecified atom stereocenters. The van der Waals surface area contributed by atoms with Gasteiger partial charge in [0, 0.05) is 47.5 Å². The van der Waals surface area contributed by atoms with E-state index in [0.717, 1.165) is 12.4 Å². The fraction of sp³-hybridized carbons (Fsp3) is 0.0400. The molecule has 42 heavy (non-hydrogen) atoms. The zero-order chi connectivity index (χ0) is 30.2. The number of rotatable bonds is 7. The lowest BCUT2D eigenvalue weighted by Crippen LogP contribution is -2.40. The van der Waals surface area contributed by atoms with E-state index in [0.29, 0.717) is 23.0 Å². The van der Waals surface area contributed by atoms with Crippen molar-refractivity contribution in [3.05, 3.63) is 96.0 Å². The van der Waals surface area contributed by atoms with E-state index in [2.05, 4.69) is 19.8 Å². The lowest BCUT2D eigenvalue weighted by molar-refractivity contribution is -0.199. The summed E-state index contributed by atoms with van der Waals surface area (Å²) in [6, 6.07) is 11.0. The van der Waals surface area contributed by atoms with Gasteiger partial charge in [0.1, 0.15) is 22.1 Å². The molecule has 0 aliphatic rings. The molecule has 2 aromatic carbocycles. The summed E-state index contributed by atoms with van der Waals surface area (Å²) in [7, 11) is -5.56. The van der Waals surface area contributed by atoms with Gasteiger partial charge in [0.05, 0.1) is 5.69 Å². The minimum atomic E-state index is -5.65. The summed E-state index contributed by atoms with van der Waals surface area (Å²) in [5.74, 6) is -7.98. The maximum absolute atomic E-state index is 15.2. The maximum Gasteiger partial charge on any atom is 0.493 e. The molecule has 0 amide bonds. The average molecular weight is 626 g/mol. The molecule has 0 saturated carbocycles. The Kier molecular flexibility index (Phi) is 7.42. The zero-order valence-corrected chi connectivity index (χ0v) is 22.0. The van der Waals surface area contributed by atoms with Gasteiger partial charge in [0.2, 0.25) is 0 Å². The molecule has 0 saturated heterocycles. The minimum absolute atomic E-state index is 0.0204. The second-order valence-corrected chi connectivity index (χ2v) is 10.3. The highest BCUT2D eigenvalue weighted by Crippen LogP contribution is 2.38. The van der Waals surface area contributed by atoms with Crippen LogP contribution in [0.25, 0.3) is 16.9 Å². The number of hydrogen-bond acceptors (Lipinski definition) is 8. The van der Waals surface area contributed by atoms with Crippen LogP contribution in [-0.2, 0) is 19.7 Å². The molecule has 10 nitrogen and oxygen atoms in total. The van der Waals surface area contributed by atoms with Crippen LogP contribution in [0.2, 0.25) is 5.02 Å². The molecule has 17 heteroatoms. The van der Waals surface area contributed by atoms with E-state index >= 15 is 8.78 Å². The number of anilines is 1. The fourth-order valence-corrected chi connectivity index (χ4v) is 5.05. The molecule has 0 radical (unpaired) electrons. The summed E-state index contributed by atoms with van der Waals surface area (Å²) in [4.78, 5) is 25.0. The molecule has 0 fully saturated rings. The highest BCUT2D eigenvalue weighted by atomic mass is 35.5. The van der Waals surface area contributed by atoms with Crippen LogP contribution in [-0.4, -0.2) is 39.9 Å². The smallest absolute Gasteiger partial charge is 0.453 e. The number of alkyl halides is 3. The lowest BCUT2D eigenvalue weighted by Gasteiger charge is -2.21. The van der Waals surface area contributed by atoms with E-state index in [1.807, 2.05) is 0 Å². The van der Waals surface area contributed by atoms with Crippen molar-refractivity contribution in [3.8, 4) is 22.8 Å². The van der Waals surface area contributed by atoms with Gasteiger partial charge in [-0.1, -0.05) is 22.1 Å². The number of aromatic nitrogens is 4. The molecule has 0 spiro atoms. The van der Waals surface area contributed by atoms with E-state index in [-0.39, 0.29) is 16.8 Å². The Hall–Kier alpha value is -4.83. The summed E-state index contributed by atoms with van der Waals surface area (Å²) in [6.07, 6.45) is -0.652. The first-order chi connectivity index (χ1) is 19.9. The monoisotopic (exact) mass is 625 g/mol. The molecule has 0 aliphatic heterocycles. The van der Waals surface area contributed by atoms with Gasteiger partial charge in [-0.15, -0.1) is 0 Å².